The van der Waals surface area contributed by atoms with Crippen molar-refractivity contribution in [2.75, 3.05) is 5.33 Å². The van der Waals surface area contributed by atoms with E-state index in [1.807, 2.05) is 6.08 Å². The Morgan fingerprint density at radius 2 is 2.33 bits per heavy atom. The Hall–Kier alpha value is 0.400. The monoisotopic (exact) mass is 336 g/mol. The molecule has 1 nitrogen and oxygen atoms in total. The van der Waals surface area contributed by atoms with Crippen LogP contribution < -0.4 is 0 Å². The molecule has 15 heavy (non-hydrogen) atoms. The third-order valence-electron chi connectivity index (χ3n) is 2.81. The third kappa shape index (κ3) is 4.04. The molecule has 1 heterocycles. The summed E-state index contributed by atoms with van der Waals surface area (Å²) in [5, 5.41) is 0.842. The minimum absolute atomic E-state index is 0.161. The SMILES string of the molecule is C=CC=CCC1OC(Br)(CBr)CCC1C. The van der Waals surface area contributed by atoms with Crippen molar-refractivity contribution >= 4 is 31.9 Å². The summed E-state index contributed by atoms with van der Waals surface area (Å²) in [6.45, 7) is 5.92. The van der Waals surface area contributed by atoms with Crippen LogP contribution in [0.2, 0.25) is 0 Å². The van der Waals surface area contributed by atoms with Crippen LogP contribution in [0.15, 0.2) is 24.8 Å². The van der Waals surface area contributed by atoms with Crippen molar-refractivity contribution in [3.8, 4) is 0 Å². The molecule has 0 aromatic rings. The van der Waals surface area contributed by atoms with Crippen molar-refractivity contribution in [2.24, 2.45) is 5.92 Å². The molecule has 86 valence electrons. The summed E-state index contributed by atoms with van der Waals surface area (Å²) in [6.07, 6.45) is 9.47. The summed E-state index contributed by atoms with van der Waals surface area (Å²) in [4.78, 5) is 0. The standard InChI is InChI=1S/C12H18Br2O/c1-3-4-5-6-11-10(2)7-8-12(14,9-13)15-11/h3-5,10-11H,1,6-9H2,2H3. The van der Waals surface area contributed by atoms with Gasteiger partial charge in [0.15, 0.2) is 0 Å². The smallest absolute Gasteiger partial charge is 0.132 e. The summed E-state index contributed by atoms with van der Waals surface area (Å²) in [5.41, 5.74) is 0. The molecule has 3 unspecified atom stereocenters. The van der Waals surface area contributed by atoms with E-state index in [1.54, 1.807) is 6.08 Å². The lowest BCUT2D eigenvalue weighted by Crippen LogP contribution is -2.40. The Labute approximate surface area is 109 Å². The maximum absolute atomic E-state index is 6.07. The summed E-state index contributed by atoms with van der Waals surface area (Å²) >= 11 is 7.15. The van der Waals surface area contributed by atoms with Crippen molar-refractivity contribution in [1.29, 1.82) is 0 Å². The number of ether oxygens (including phenoxy) is 1. The maximum atomic E-state index is 6.07. The van der Waals surface area contributed by atoms with E-state index >= 15 is 0 Å². The van der Waals surface area contributed by atoms with Crippen molar-refractivity contribution in [3.05, 3.63) is 24.8 Å². The van der Waals surface area contributed by atoms with Crippen molar-refractivity contribution < 1.29 is 4.74 Å². The number of alkyl halides is 2. The lowest BCUT2D eigenvalue weighted by molar-refractivity contribution is -0.0806. The van der Waals surface area contributed by atoms with Crippen molar-refractivity contribution in [3.63, 3.8) is 0 Å². The van der Waals surface area contributed by atoms with Crippen LogP contribution >= 0.6 is 31.9 Å². The van der Waals surface area contributed by atoms with E-state index in [1.165, 1.54) is 6.42 Å². The molecular weight excluding hydrogens is 320 g/mol. The van der Waals surface area contributed by atoms with Gasteiger partial charge in [-0.15, -0.1) is 0 Å². The highest BCUT2D eigenvalue weighted by atomic mass is 79.9. The molecule has 0 spiro atoms. The third-order valence-corrected chi connectivity index (χ3v) is 5.33. The maximum Gasteiger partial charge on any atom is 0.132 e. The van der Waals surface area contributed by atoms with Crippen molar-refractivity contribution in [1.82, 2.24) is 0 Å². The molecule has 1 aliphatic heterocycles. The van der Waals surface area contributed by atoms with Gasteiger partial charge >= 0.3 is 0 Å². The molecule has 1 rings (SSSR count). The fourth-order valence-electron chi connectivity index (χ4n) is 1.76. The van der Waals surface area contributed by atoms with Gasteiger partial charge in [0, 0.05) is 5.33 Å². The summed E-state index contributed by atoms with van der Waals surface area (Å²) in [6, 6.07) is 0. The molecule has 1 aliphatic rings. The normalized spacial score (nSPS) is 37.0. The highest BCUT2D eigenvalue weighted by molar-refractivity contribution is 9.12. The van der Waals surface area contributed by atoms with E-state index in [0.717, 1.165) is 18.2 Å². The zero-order valence-corrected chi connectivity index (χ0v) is 12.3. The van der Waals surface area contributed by atoms with Gasteiger partial charge in [-0.2, -0.15) is 0 Å². The van der Waals surface area contributed by atoms with Gasteiger partial charge in [0.25, 0.3) is 0 Å². The average Bonchev–Trinajstić information content (AvgIpc) is 2.24. The van der Waals surface area contributed by atoms with Gasteiger partial charge in [-0.25, -0.2) is 0 Å². The first-order chi connectivity index (χ1) is 7.11. The quantitative estimate of drug-likeness (QED) is 0.545. The minimum atomic E-state index is -0.161. The van der Waals surface area contributed by atoms with Gasteiger partial charge in [0.1, 0.15) is 4.51 Å². The molecule has 1 fully saturated rings. The first-order valence-corrected chi connectivity index (χ1v) is 7.23. The highest BCUT2D eigenvalue weighted by Gasteiger charge is 2.36. The van der Waals surface area contributed by atoms with Crippen LogP contribution in [-0.2, 0) is 4.74 Å². The lowest BCUT2D eigenvalue weighted by Gasteiger charge is -2.39. The van der Waals surface area contributed by atoms with Crippen LogP contribution in [0, 0.1) is 5.92 Å². The summed E-state index contributed by atoms with van der Waals surface area (Å²) < 4.78 is 5.91. The Morgan fingerprint density at radius 3 is 2.93 bits per heavy atom. The van der Waals surface area contributed by atoms with Crippen LogP contribution in [0.5, 0.6) is 0 Å². The molecule has 3 heteroatoms. The largest absolute Gasteiger partial charge is 0.359 e. The number of halogens is 2. The second kappa shape index (κ2) is 6.21. The molecule has 0 radical (unpaired) electrons. The van der Waals surface area contributed by atoms with E-state index in [-0.39, 0.29) is 4.51 Å². The topological polar surface area (TPSA) is 9.23 Å². The lowest BCUT2D eigenvalue weighted by atomic mass is 9.91. The molecular formula is C12H18Br2O. The molecule has 3 atom stereocenters. The van der Waals surface area contributed by atoms with E-state index in [9.17, 15) is 0 Å². The molecule has 0 aliphatic carbocycles. The highest BCUT2D eigenvalue weighted by Crippen LogP contribution is 2.39. The van der Waals surface area contributed by atoms with Crippen molar-refractivity contribution in [2.45, 2.75) is 36.8 Å². The Morgan fingerprint density at radius 1 is 1.60 bits per heavy atom. The predicted octanol–water partition coefficient (Wildman–Crippen LogP) is 4.42. The molecule has 1 saturated heterocycles. The Balaban J connectivity index is 2.53. The molecule has 0 saturated carbocycles. The predicted molar refractivity (Wildman–Crippen MR) is 72.7 cm³/mol. The van der Waals surface area contributed by atoms with E-state index < -0.39 is 0 Å². The fraction of sp³-hybridized carbons (Fsp3) is 0.667. The first kappa shape index (κ1) is 13.5. The molecule has 0 aromatic carbocycles. The average molecular weight is 338 g/mol. The zero-order valence-electron chi connectivity index (χ0n) is 9.09. The van der Waals surface area contributed by atoms with E-state index in [4.69, 9.17) is 4.74 Å². The van der Waals surface area contributed by atoms with Gasteiger partial charge in [-0.1, -0.05) is 63.6 Å². The van der Waals surface area contributed by atoms with E-state index in [0.29, 0.717) is 12.0 Å². The van der Waals surface area contributed by atoms with Crippen LogP contribution in [-0.4, -0.2) is 15.9 Å². The van der Waals surface area contributed by atoms with Gasteiger partial charge in [-0.05, 0) is 25.2 Å². The molecule has 0 N–H and O–H groups in total. The van der Waals surface area contributed by atoms with E-state index in [2.05, 4.69) is 51.4 Å². The summed E-state index contributed by atoms with van der Waals surface area (Å²) in [7, 11) is 0. The van der Waals surface area contributed by atoms with Crippen LogP contribution in [0.1, 0.15) is 26.2 Å². The first-order valence-electron chi connectivity index (χ1n) is 5.31. The number of hydrogen-bond donors (Lipinski definition) is 0. The molecule has 0 bridgehead atoms. The fourth-order valence-corrected chi connectivity index (χ4v) is 2.64. The van der Waals surface area contributed by atoms with Gasteiger partial charge in [0.2, 0.25) is 0 Å². The van der Waals surface area contributed by atoms with Gasteiger partial charge in [0.05, 0.1) is 6.10 Å². The van der Waals surface area contributed by atoms with Crippen LogP contribution in [0.25, 0.3) is 0 Å². The second-order valence-electron chi connectivity index (χ2n) is 4.09. The van der Waals surface area contributed by atoms with Crippen LogP contribution in [0.3, 0.4) is 0 Å². The Bertz CT molecular complexity index is 240. The Kier molecular flexibility index (Phi) is 5.58. The minimum Gasteiger partial charge on any atom is -0.359 e. The number of rotatable bonds is 4. The summed E-state index contributed by atoms with van der Waals surface area (Å²) in [5.74, 6) is 0.629. The zero-order chi connectivity index (χ0) is 11.3. The van der Waals surface area contributed by atoms with Crippen LogP contribution in [0.4, 0.5) is 0 Å². The molecule has 0 aromatic heterocycles. The van der Waals surface area contributed by atoms with Gasteiger partial charge < -0.3 is 4.74 Å². The van der Waals surface area contributed by atoms with Gasteiger partial charge in [-0.3, -0.25) is 0 Å². The molecule has 0 amide bonds. The second-order valence-corrected chi connectivity index (χ2v) is 6.09. The number of hydrogen-bond acceptors (Lipinski definition) is 1. The number of allylic oxidation sites excluding steroid dienone is 2.